The Balaban J connectivity index is 1.47. The fraction of sp³-hybridized carbons (Fsp3) is 0.650. The Hall–Kier alpha value is -1.54. The molecule has 1 amide bonds. The number of carbonyl (C=O) groups is 1. The van der Waals surface area contributed by atoms with Gasteiger partial charge in [-0.1, -0.05) is 12.1 Å². The summed E-state index contributed by atoms with van der Waals surface area (Å²) >= 11 is 0. The third-order valence-electron chi connectivity index (χ3n) is 6.23. The molecular formula is C20H29FN4O2. The first-order chi connectivity index (χ1) is 13.2. The Bertz CT molecular complexity index is 673. The van der Waals surface area contributed by atoms with E-state index in [2.05, 4.69) is 20.7 Å². The van der Waals surface area contributed by atoms with Gasteiger partial charge in [0.1, 0.15) is 5.82 Å². The molecule has 6 nitrogen and oxygen atoms in total. The van der Waals surface area contributed by atoms with Crippen molar-refractivity contribution in [1.82, 2.24) is 20.7 Å². The van der Waals surface area contributed by atoms with E-state index >= 15 is 0 Å². The average Bonchev–Trinajstić information content (AvgIpc) is 2.99. The van der Waals surface area contributed by atoms with Crippen LogP contribution in [0.1, 0.15) is 24.4 Å². The van der Waals surface area contributed by atoms with Crippen LogP contribution in [0.15, 0.2) is 24.3 Å². The number of nitrogens with one attached hydrogen (secondary N) is 2. The SMILES string of the molecule is COCCN1C[C@H]2CC[C@@H]1CN(C(=O)C1CNNC1c1cccc(F)c1)C2. The summed E-state index contributed by atoms with van der Waals surface area (Å²) in [6.45, 7) is 4.88. The zero-order chi connectivity index (χ0) is 18.8. The molecule has 0 aliphatic carbocycles. The summed E-state index contributed by atoms with van der Waals surface area (Å²) in [6.07, 6.45) is 2.33. The smallest absolute Gasteiger partial charge is 0.229 e. The second-order valence-electron chi connectivity index (χ2n) is 7.99. The highest BCUT2D eigenvalue weighted by Gasteiger charge is 2.41. The van der Waals surface area contributed by atoms with Crippen LogP contribution < -0.4 is 10.9 Å². The molecule has 1 aromatic carbocycles. The van der Waals surface area contributed by atoms with Crippen molar-refractivity contribution in [1.29, 1.82) is 0 Å². The number of ether oxygens (including phenoxy) is 1. The molecule has 7 heteroatoms. The van der Waals surface area contributed by atoms with Gasteiger partial charge in [0.25, 0.3) is 0 Å². The molecule has 0 aromatic heterocycles. The van der Waals surface area contributed by atoms with Gasteiger partial charge in [-0.3, -0.25) is 15.1 Å². The third-order valence-corrected chi connectivity index (χ3v) is 6.23. The number of methoxy groups -OCH3 is 1. The van der Waals surface area contributed by atoms with E-state index in [9.17, 15) is 9.18 Å². The Morgan fingerprint density at radius 1 is 1.30 bits per heavy atom. The molecule has 1 aromatic rings. The van der Waals surface area contributed by atoms with Crippen LogP contribution in [0.4, 0.5) is 4.39 Å². The number of fused-ring (bicyclic) bond motifs is 4. The van der Waals surface area contributed by atoms with Crippen LogP contribution in [0.25, 0.3) is 0 Å². The fourth-order valence-corrected chi connectivity index (χ4v) is 4.82. The number of halogens is 1. The average molecular weight is 376 g/mol. The van der Waals surface area contributed by atoms with Crippen LogP contribution in [0.3, 0.4) is 0 Å². The minimum atomic E-state index is -0.269. The maximum Gasteiger partial charge on any atom is 0.229 e. The van der Waals surface area contributed by atoms with Crippen molar-refractivity contribution in [2.24, 2.45) is 11.8 Å². The summed E-state index contributed by atoms with van der Waals surface area (Å²) in [6, 6.07) is 6.75. The summed E-state index contributed by atoms with van der Waals surface area (Å²) in [7, 11) is 1.73. The maximum absolute atomic E-state index is 13.7. The summed E-state index contributed by atoms with van der Waals surface area (Å²) < 4.78 is 18.9. The second kappa shape index (κ2) is 8.22. The largest absolute Gasteiger partial charge is 0.383 e. The molecule has 4 aliphatic heterocycles. The van der Waals surface area contributed by atoms with Crippen molar-refractivity contribution in [3.05, 3.63) is 35.6 Å². The highest BCUT2D eigenvalue weighted by Crippen LogP contribution is 2.32. The van der Waals surface area contributed by atoms with Gasteiger partial charge < -0.3 is 9.64 Å². The zero-order valence-corrected chi connectivity index (χ0v) is 15.9. The van der Waals surface area contributed by atoms with Crippen LogP contribution in [0, 0.1) is 17.7 Å². The summed E-state index contributed by atoms with van der Waals surface area (Å²) in [5.74, 6) is 0.220. The normalized spacial score (nSPS) is 31.3. The van der Waals surface area contributed by atoms with E-state index in [0.717, 1.165) is 44.8 Å². The number of amides is 1. The molecule has 0 saturated carbocycles. The fourth-order valence-electron chi connectivity index (χ4n) is 4.82. The monoisotopic (exact) mass is 376 g/mol. The molecule has 27 heavy (non-hydrogen) atoms. The molecule has 4 fully saturated rings. The quantitative estimate of drug-likeness (QED) is 0.808. The van der Waals surface area contributed by atoms with E-state index in [1.54, 1.807) is 13.2 Å². The van der Waals surface area contributed by atoms with Crippen molar-refractivity contribution in [2.45, 2.75) is 24.9 Å². The lowest BCUT2D eigenvalue weighted by Gasteiger charge is -2.35. The van der Waals surface area contributed by atoms with Crippen molar-refractivity contribution >= 4 is 5.91 Å². The van der Waals surface area contributed by atoms with Gasteiger partial charge in [0.2, 0.25) is 5.91 Å². The third kappa shape index (κ3) is 4.01. The predicted molar refractivity (Wildman–Crippen MR) is 100 cm³/mol. The molecular weight excluding hydrogens is 347 g/mol. The van der Waals surface area contributed by atoms with E-state index in [0.29, 0.717) is 18.5 Å². The first-order valence-corrected chi connectivity index (χ1v) is 9.91. The van der Waals surface area contributed by atoms with E-state index in [1.165, 1.54) is 18.6 Å². The lowest BCUT2D eigenvalue weighted by Crippen LogP contribution is -2.46. The lowest BCUT2D eigenvalue weighted by molar-refractivity contribution is -0.135. The number of hydrogen-bond acceptors (Lipinski definition) is 5. The van der Waals surface area contributed by atoms with E-state index < -0.39 is 0 Å². The minimum absolute atomic E-state index is 0.173. The molecule has 2 N–H and O–H groups in total. The number of benzene rings is 1. The topological polar surface area (TPSA) is 56.8 Å². The van der Waals surface area contributed by atoms with Crippen LogP contribution in [0.2, 0.25) is 0 Å². The van der Waals surface area contributed by atoms with Gasteiger partial charge in [0.15, 0.2) is 0 Å². The van der Waals surface area contributed by atoms with Gasteiger partial charge in [0.05, 0.1) is 18.6 Å². The van der Waals surface area contributed by atoms with E-state index in [4.69, 9.17) is 4.74 Å². The molecule has 2 bridgehead atoms. The zero-order valence-electron chi connectivity index (χ0n) is 15.9. The molecule has 0 radical (unpaired) electrons. The van der Waals surface area contributed by atoms with Crippen LogP contribution >= 0.6 is 0 Å². The van der Waals surface area contributed by atoms with Crippen molar-refractivity contribution < 1.29 is 13.9 Å². The Kier molecular flexibility index (Phi) is 5.73. The van der Waals surface area contributed by atoms with Crippen LogP contribution in [0.5, 0.6) is 0 Å². The number of carbonyl (C=O) groups excluding carboxylic acids is 1. The molecule has 5 rings (SSSR count). The van der Waals surface area contributed by atoms with Crippen molar-refractivity contribution in [3.8, 4) is 0 Å². The number of hydrazine groups is 1. The van der Waals surface area contributed by atoms with Crippen LogP contribution in [-0.2, 0) is 9.53 Å². The van der Waals surface area contributed by atoms with Gasteiger partial charge in [-0.2, -0.15) is 0 Å². The summed E-state index contributed by atoms with van der Waals surface area (Å²) in [5.41, 5.74) is 7.09. The van der Waals surface area contributed by atoms with Crippen molar-refractivity contribution in [2.75, 3.05) is 46.4 Å². The molecule has 0 spiro atoms. The summed E-state index contributed by atoms with van der Waals surface area (Å²) in [4.78, 5) is 17.9. The number of hydrogen-bond donors (Lipinski definition) is 2. The van der Waals surface area contributed by atoms with Gasteiger partial charge in [-0.25, -0.2) is 9.82 Å². The molecule has 4 saturated heterocycles. The predicted octanol–water partition coefficient (Wildman–Crippen LogP) is 1.16. The highest BCUT2D eigenvalue weighted by atomic mass is 19.1. The van der Waals surface area contributed by atoms with E-state index in [1.807, 2.05) is 6.07 Å². The summed E-state index contributed by atoms with van der Waals surface area (Å²) in [5, 5.41) is 0. The second-order valence-corrected chi connectivity index (χ2v) is 7.99. The number of rotatable bonds is 5. The highest BCUT2D eigenvalue weighted by molar-refractivity contribution is 5.80. The maximum atomic E-state index is 13.7. The first-order valence-electron chi connectivity index (χ1n) is 9.91. The molecule has 4 atom stereocenters. The first kappa shape index (κ1) is 18.8. The number of piperidine rings is 1. The molecule has 148 valence electrons. The van der Waals surface area contributed by atoms with Gasteiger partial charge in [-0.05, 0) is 36.5 Å². The lowest BCUT2D eigenvalue weighted by atomic mass is 9.93. The Morgan fingerprint density at radius 3 is 3.00 bits per heavy atom. The van der Waals surface area contributed by atoms with Gasteiger partial charge in [-0.15, -0.1) is 0 Å². The Morgan fingerprint density at radius 2 is 2.19 bits per heavy atom. The van der Waals surface area contributed by atoms with E-state index in [-0.39, 0.29) is 23.7 Å². The Labute approximate surface area is 160 Å². The van der Waals surface area contributed by atoms with Crippen LogP contribution in [-0.4, -0.2) is 68.2 Å². The minimum Gasteiger partial charge on any atom is -0.383 e. The van der Waals surface area contributed by atoms with Gasteiger partial charge in [0, 0.05) is 45.9 Å². The standard InChI is InChI=1S/C20H29FN4O2/c1-27-8-7-24-11-14-5-6-17(24)13-25(12-14)20(26)18-10-22-23-19(18)15-3-2-4-16(21)9-15/h2-4,9,14,17-19,22-23H,5-8,10-13H2,1H3/t14-,17-,18?,19?/m1/s1. The molecule has 2 unspecified atom stereocenters. The number of nitrogens with zero attached hydrogens (tertiary/aromatic N) is 2. The van der Waals surface area contributed by atoms with Gasteiger partial charge >= 0.3 is 0 Å². The molecule has 4 aliphatic rings. The molecule has 4 heterocycles. The van der Waals surface area contributed by atoms with Crippen molar-refractivity contribution in [3.63, 3.8) is 0 Å².